The molecule has 1 aliphatic heterocycles. The Morgan fingerprint density at radius 2 is 1.88 bits per heavy atom. The Balaban J connectivity index is 1.61. The van der Waals surface area contributed by atoms with E-state index in [-0.39, 0.29) is 17.5 Å². The summed E-state index contributed by atoms with van der Waals surface area (Å²) in [6.45, 7) is 8.14. The number of benzene rings is 1. The van der Waals surface area contributed by atoms with Crippen molar-refractivity contribution in [3.63, 3.8) is 0 Å². The monoisotopic (exact) mass is 464 g/mol. The van der Waals surface area contributed by atoms with Crippen molar-refractivity contribution in [3.8, 4) is 5.69 Å². The number of nitrogens with zero attached hydrogens (tertiary/aromatic N) is 2. The highest BCUT2D eigenvalue weighted by atomic mass is 32.2. The van der Waals surface area contributed by atoms with E-state index in [4.69, 9.17) is 4.42 Å². The highest BCUT2D eigenvalue weighted by molar-refractivity contribution is 8.18. The second-order valence-electron chi connectivity index (χ2n) is 7.91. The van der Waals surface area contributed by atoms with Crippen LogP contribution in [-0.2, 0) is 16.1 Å². The predicted molar refractivity (Wildman–Crippen MR) is 126 cm³/mol. The Morgan fingerprint density at radius 1 is 1.12 bits per heavy atom. The van der Waals surface area contributed by atoms with E-state index in [0.717, 1.165) is 39.3 Å². The van der Waals surface area contributed by atoms with Crippen LogP contribution in [0.2, 0.25) is 0 Å². The zero-order chi connectivity index (χ0) is 23.9. The van der Waals surface area contributed by atoms with Crippen molar-refractivity contribution in [3.05, 3.63) is 80.9 Å². The van der Waals surface area contributed by atoms with Gasteiger partial charge in [0.2, 0.25) is 5.76 Å². The first-order chi connectivity index (χ1) is 15.7. The largest absolute Gasteiger partial charge is 0.463 e. The Kier molecular flexibility index (Phi) is 6.03. The molecule has 0 aliphatic carbocycles. The molecule has 3 aromatic rings. The molecule has 3 heterocycles. The van der Waals surface area contributed by atoms with Crippen molar-refractivity contribution in [2.45, 2.75) is 34.2 Å². The molecular formula is C25H24N2O5S. The molecule has 0 spiro atoms. The molecule has 0 unspecified atom stereocenters. The van der Waals surface area contributed by atoms with Gasteiger partial charge in [0.1, 0.15) is 5.76 Å². The zero-order valence-electron chi connectivity index (χ0n) is 19.1. The van der Waals surface area contributed by atoms with Crippen LogP contribution in [0.15, 0.2) is 45.7 Å². The lowest BCUT2D eigenvalue weighted by molar-refractivity contribution is -0.123. The van der Waals surface area contributed by atoms with E-state index in [0.29, 0.717) is 10.7 Å². The first-order valence-electron chi connectivity index (χ1n) is 10.4. The summed E-state index contributed by atoms with van der Waals surface area (Å²) in [5.74, 6) is -0.659. The van der Waals surface area contributed by atoms with Crippen molar-refractivity contribution in [2.75, 3.05) is 7.11 Å². The summed E-state index contributed by atoms with van der Waals surface area (Å²) in [5.41, 5.74) is 6.40. The molecule has 1 fully saturated rings. The molecule has 0 N–H and O–H groups in total. The summed E-state index contributed by atoms with van der Waals surface area (Å²) in [7, 11) is 1.25. The third kappa shape index (κ3) is 4.14. The van der Waals surface area contributed by atoms with Gasteiger partial charge in [-0.1, -0.05) is 12.1 Å². The van der Waals surface area contributed by atoms with Crippen molar-refractivity contribution in [2.24, 2.45) is 0 Å². The van der Waals surface area contributed by atoms with Gasteiger partial charge in [0, 0.05) is 17.1 Å². The summed E-state index contributed by atoms with van der Waals surface area (Å²) < 4.78 is 12.2. The number of hydrogen-bond donors (Lipinski definition) is 0. The zero-order valence-corrected chi connectivity index (χ0v) is 19.9. The fourth-order valence-corrected chi connectivity index (χ4v) is 4.72. The fourth-order valence-electron chi connectivity index (χ4n) is 3.89. The number of thioether (sulfide) groups is 1. The number of carbonyl (C=O) groups is 3. The lowest BCUT2D eigenvalue weighted by Gasteiger charge is -2.14. The van der Waals surface area contributed by atoms with Gasteiger partial charge in [-0.15, -0.1) is 0 Å². The molecular weight excluding hydrogens is 440 g/mol. The molecule has 1 aromatic carbocycles. The lowest BCUT2D eigenvalue weighted by atomic mass is 10.1. The third-order valence-corrected chi connectivity index (χ3v) is 6.72. The van der Waals surface area contributed by atoms with Crippen LogP contribution >= 0.6 is 11.8 Å². The molecule has 170 valence electrons. The molecule has 2 aromatic heterocycles. The SMILES string of the molecule is COC(=O)c1ccc(CN2C(=O)S/C(=C/c3cc(C)n(-c4cccc(C)c4C)c3C)C2=O)o1. The lowest BCUT2D eigenvalue weighted by Crippen LogP contribution is -2.27. The number of imide groups is 1. The van der Waals surface area contributed by atoms with Crippen molar-refractivity contribution < 1.29 is 23.5 Å². The van der Waals surface area contributed by atoms with Gasteiger partial charge in [-0.05, 0) is 86.5 Å². The van der Waals surface area contributed by atoms with E-state index in [1.807, 2.05) is 26.0 Å². The Labute approximate surface area is 196 Å². The second kappa shape index (κ2) is 8.78. The van der Waals surface area contributed by atoms with Gasteiger partial charge in [0.15, 0.2) is 0 Å². The number of amides is 2. The molecule has 7 nitrogen and oxygen atoms in total. The number of furan rings is 1. The van der Waals surface area contributed by atoms with Crippen LogP contribution in [0.5, 0.6) is 0 Å². The molecule has 0 saturated carbocycles. The smallest absolute Gasteiger partial charge is 0.373 e. The van der Waals surface area contributed by atoms with Gasteiger partial charge >= 0.3 is 5.97 Å². The number of aromatic nitrogens is 1. The summed E-state index contributed by atoms with van der Waals surface area (Å²) >= 11 is 0.895. The van der Waals surface area contributed by atoms with E-state index >= 15 is 0 Å². The summed E-state index contributed by atoms with van der Waals surface area (Å²) in [5, 5.41) is -0.384. The number of carbonyl (C=O) groups excluding carboxylic acids is 3. The van der Waals surface area contributed by atoms with E-state index in [1.165, 1.54) is 24.3 Å². The third-order valence-electron chi connectivity index (χ3n) is 5.81. The van der Waals surface area contributed by atoms with Crippen LogP contribution in [0.25, 0.3) is 11.8 Å². The Hall–Kier alpha value is -3.52. The van der Waals surface area contributed by atoms with Crippen molar-refractivity contribution in [1.29, 1.82) is 0 Å². The number of rotatable bonds is 5. The van der Waals surface area contributed by atoms with Crippen LogP contribution in [-0.4, -0.2) is 33.7 Å². The predicted octanol–water partition coefficient (Wildman–Crippen LogP) is 5.33. The molecule has 33 heavy (non-hydrogen) atoms. The average molecular weight is 465 g/mol. The molecule has 0 atom stereocenters. The molecule has 1 saturated heterocycles. The summed E-state index contributed by atoms with van der Waals surface area (Å²) in [4.78, 5) is 38.5. The number of methoxy groups -OCH3 is 1. The van der Waals surface area contributed by atoms with Gasteiger partial charge in [0.25, 0.3) is 11.1 Å². The summed E-state index contributed by atoms with van der Waals surface area (Å²) in [6, 6.07) is 11.2. The van der Waals surface area contributed by atoms with Gasteiger partial charge in [-0.25, -0.2) is 4.79 Å². The minimum atomic E-state index is -0.616. The van der Waals surface area contributed by atoms with Gasteiger partial charge < -0.3 is 13.7 Å². The normalized spacial score (nSPS) is 15.1. The first kappa shape index (κ1) is 22.7. The number of hydrogen-bond acceptors (Lipinski definition) is 6. The Morgan fingerprint density at radius 3 is 2.61 bits per heavy atom. The topological polar surface area (TPSA) is 81.8 Å². The van der Waals surface area contributed by atoms with Crippen molar-refractivity contribution in [1.82, 2.24) is 9.47 Å². The molecule has 0 bridgehead atoms. The quantitative estimate of drug-likeness (QED) is 0.375. The maximum atomic E-state index is 13.0. The van der Waals surface area contributed by atoms with Crippen molar-refractivity contribution >= 4 is 35.0 Å². The van der Waals surface area contributed by atoms with Crippen LogP contribution in [0.3, 0.4) is 0 Å². The maximum absolute atomic E-state index is 13.0. The minimum Gasteiger partial charge on any atom is -0.463 e. The standard InChI is InChI=1S/C25H24N2O5S/c1-14-7-6-8-20(16(14)3)27-15(2)11-18(17(27)4)12-22-23(28)26(25(30)33-22)13-19-9-10-21(32-19)24(29)31-5/h6-12H,13H2,1-5H3/b22-12+. The summed E-state index contributed by atoms with van der Waals surface area (Å²) in [6.07, 6.45) is 1.76. The van der Waals surface area contributed by atoms with E-state index in [9.17, 15) is 14.4 Å². The maximum Gasteiger partial charge on any atom is 0.373 e. The average Bonchev–Trinajstić information content (AvgIpc) is 3.44. The first-order valence-corrected chi connectivity index (χ1v) is 11.2. The van der Waals surface area contributed by atoms with Gasteiger partial charge in [-0.3, -0.25) is 14.5 Å². The van der Waals surface area contributed by atoms with Gasteiger partial charge in [-0.2, -0.15) is 0 Å². The van der Waals surface area contributed by atoms with E-state index < -0.39 is 11.9 Å². The van der Waals surface area contributed by atoms with Crippen LogP contribution in [0.1, 0.15) is 44.4 Å². The van der Waals surface area contributed by atoms with E-state index in [1.54, 1.807) is 12.1 Å². The van der Waals surface area contributed by atoms with Crippen LogP contribution in [0.4, 0.5) is 4.79 Å². The molecule has 4 rings (SSSR count). The molecule has 2 amide bonds. The fraction of sp³-hybridized carbons (Fsp3) is 0.240. The van der Waals surface area contributed by atoms with Crippen LogP contribution < -0.4 is 0 Å². The molecule has 1 aliphatic rings. The highest BCUT2D eigenvalue weighted by Gasteiger charge is 2.36. The number of ether oxygens (including phenoxy) is 1. The second-order valence-corrected chi connectivity index (χ2v) is 8.90. The molecule has 8 heteroatoms. The van der Waals surface area contributed by atoms with Crippen LogP contribution in [0, 0.1) is 27.7 Å². The van der Waals surface area contributed by atoms with Gasteiger partial charge in [0.05, 0.1) is 18.6 Å². The highest BCUT2D eigenvalue weighted by Crippen LogP contribution is 2.35. The minimum absolute atomic E-state index is 0.0221. The Bertz CT molecular complexity index is 1310. The molecule has 0 radical (unpaired) electrons. The van der Waals surface area contributed by atoms with E-state index in [2.05, 4.69) is 35.3 Å². The number of aryl methyl sites for hydroxylation is 2. The number of esters is 1.